The van der Waals surface area contributed by atoms with Gasteiger partial charge < -0.3 is 14.8 Å². The summed E-state index contributed by atoms with van der Waals surface area (Å²) in [6, 6.07) is 9.28. The van der Waals surface area contributed by atoms with Crippen LogP contribution in [0.1, 0.15) is 12.5 Å². The van der Waals surface area contributed by atoms with Crippen molar-refractivity contribution in [1.82, 2.24) is 5.32 Å². The monoisotopic (exact) mass is 410 g/mol. The molecule has 1 N–H and O–H groups in total. The highest BCUT2D eigenvalue weighted by atomic mass is 32.2. The molecule has 2 rings (SSSR count). The van der Waals surface area contributed by atoms with Crippen LogP contribution in [0.3, 0.4) is 0 Å². The standard InChI is InChI=1S/C19H23FN2O5S/c1-13(19(23)21-12-14-5-7-15(20)8-6-14)22(28(4,24)25)17-11-16(26-2)9-10-18(17)27-3/h5-11,13H,12H2,1-4H3,(H,21,23). The van der Waals surface area contributed by atoms with Crippen molar-refractivity contribution in [2.45, 2.75) is 19.5 Å². The van der Waals surface area contributed by atoms with Gasteiger partial charge in [0.05, 0.1) is 26.2 Å². The number of hydrogen-bond donors (Lipinski definition) is 1. The van der Waals surface area contributed by atoms with Crippen LogP contribution in [0.15, 0.2) is 42.5 Å². The van der Waals surface area contributed by atoms with Crippen molar-refractivity contribution in [1.29, 1.82) is 0 Å². The average Bonchev–Trinajstić information content (AvgIpc) is 2.66. The molecule has 1 atom stereocenters. The second kappa shape index (κ2) is 8.92. The van der Waals surface area contributed by atoms with Crippen molar-refractivity contribution in [3.63, 3.8) is 0 Å². The lowest BCUT2D eigenvalue weighted by Crippen LogP contribution is -2.47. The van der Waals surface area contributed by atoms with E-state index in [0.717, 1.165) is 10.6 Å². The number of sulfonamides is 1. The summed E-state index contributed by atoms with van der Waals surface area (Å²) >= 11 is 0. The Morgan fingerprint density at radius 2 is 1.79 bits per heavy atom. The number of hydrogen-bond acceptors (Lipinski definition) is 5. The number of ether oxygens (including phenoxy) is 2. The Morgan fingerprint density at radius 1 is 1.14 bits per heavy atom. The molecule has 0 heterocycles. The van der Waals surface area contributed by atoms with Crippen LogP contribution in [0.4, 0.5) is 10.1 Å². The minimum Gasteiger partial charge on any atom is -0.497 e. The highest BCUT2D eigenvalue weighted by molar-refractivity contribution is 7.92. The number of nitrogens with one attached hydrogen (secondary N) is 1. The highest BCUT2D eigenvalue weighted by Crippen LogP contribution is 2.35. The van der Waals surface area contributed by atoms with Gasteiger partial charge in [0.2, 0.25) is 15.9 Å². The number of halogens is 1. The summed E-state index contributed by atoms with van der Waals surface area (Å²) in [4.78, 5) is 12.6. The molecule has 0 bridgehead atoms. The number of anilines is 1. The first-order valence-electron chi connectivity index (χ1n) is 8.41. The molecular formula is C19H23FN2O5S. The van der Waals surface area contributed by atoms with Gasteiger partial charge in [0.15, 0.2) is 0 Å². The van der Waals surface area contributed by atoms with Crippen molar-refractivity contribution in [3.05, 3.63) is 53.8 Å². The third-order valence-corrected chi connectivity index (χ3v) is 5.32. The Bertz CT molecular complexity index is 932. The minimum absolute atomic E-state index is 0.135. The first kappa shape index (κ1) is 21.5. The summed E-state index contributed by atoms with van der Waals surface area (Å²) in [6.45, 7) is 1.61. The van der Waals surface area contributed by atoms with Crippen molar-refractivity contribution < 1.29 is 27.1 Å². The van der Waals surface area contributed by atoms with E-state index in [-0.39, 0.29) is 23.8 Å². The van der Waals surface area contributed by atoms with Crippen LogP contribution in [0.5, 0.6) is 11.5 Å². The second-order valence-corrected chi connectivity index (χ2v) is 7.98. The maximum Gasteiger partial charge on any atom is 0.243 e. The highest BCUT2D eigenvalue weighted by Gasteiger charge is 2.31. The van der Waals surface area contributed by atoms with Gasteiger partial charge >= 0.3 is 0 Å². The fourth-order valence-corrected chi connectivity index (χ4v) is 3.86. The van der Waals surface area contributed by atoms with Crippen LogP contribution >= 0.6 is 0 Å². The normalized spacial score (nSPS) is 12.2. The fourth-order valence-electron chi connectivity index (χ4n) is 2.69. The largest absolute Gasteiger partial charge is 0.497 e. The lowest BCUT2D eigenvalue weighted by Gasteiger charge is -2.29. The van der Waals surface area contributed by atoms with Crippen LogP contribution < -0.4 is 19.1 Å². The Hall–Kier alpha value is -2.81. The number of nitrogens with zero attached hydrogens (tertiary/aromatic N) is 1. The van der Waals surface area contributed by atoms with Gasteiger partial charge in [0.1, 0.15) is 23.4 Å². The molecular weight excluding hydrogens is 387 g/mol. The van der Waals surface area contributed by atoms with E-state index in [9.17, 15) is 17.6 Å². The van der Waals surface area contributed by atoms with Gasteiger partial charge in [-0.1, -0.05) is 12.1 Å². The quantitative estimate of drug-likeness (QED) is 0.722. The van der Waals surface area contributed by atoms with Gasteiger partial charge in [-0.15, -0.1) is 0 Å². The minimum atomic E-state index is -3.82. The van der Waals surface area contributed by atoms with Gasteiger partial charge in [-0.25, -0.2) is 12.8 Å². The molecule has 0 radical (unpaired) electrons. The molecule has 1 amide bonds. The Balaban J connectivity index is 2.30. The number of methoxy groups -OCH3 is 2. The smallest absolute Gasteiger partial charge is 0.243 e. The molecule has 0 aliphatic carbocycles. The average molecular weight is 410 g/mol. The van der Waals surface area contributed by atoms with Crippen molar-refractivity contribution in [3.8, 4) is 11.5 Å². The second-order valence-electron chi connectivity index (χ2n) is 6.12. The zero-order valence-electron chi connectivity index (χ0n) is 16.1. The molecule has 0 aliphatic rings. The van der Waals surface area contributed by atoms with Gasteiger partial charge in [0.25, 0.3) is 0 Å². The molecule has 28 heavy (non-hydrogen) atoms. The molecule has 7 nitrogen and oxygen atoms in total. The number of rotatable bonds is 8. The Labute approximate surface area is 164 Å². The number of carbonyl (C=O) groups excluding carboxylic acids is 1. The summed E-state index contributed by atoms with van der Waals surface area (Å²) < 4.78 is 49.3. The summed E-state index contributed by atoms with van der Waals surface area (Å²) in [5, 5.41) is 2.67. The lowest BCUT2D eigenvalue weighted by atomic mass is 10.2. The van der Waals surface area contributed by atoms with Crippen molar-refractivity contribution in [2.24, 2.45) is 0 Å². The molecule has 0 fully saturated rings. The van der Waals surface area contributed by atoms with Crippen LogP contribution in [-0.4, -0.2) is 40.8 Å². The number of carbonyl (C=O) groups is 1. The zero-order valence-corrected chi connectivity index (χ0v) is 16.9. The number of amides is 1. The molecule has 2 aromatic rings. The van der Waals surface area contributed by atoms with Crippen molar-refractivity contribution >= 4 is 21.6 Å². The predicted molar refractivity (Wildman–Crippen MR) is 105 cm³/mol. The molecule has 0 spiro atoms. The molecule has 152 valence electrons. The van der Waals surface area contributed by atoms with Crippen LogP contribution in [-0.2, 0) is 21.4 Å². The van der Waals surface area contributed by atoms with Gasteiger partial charge in [-0.05, 0) is 36.8 Å². The Kier molecular flexibility index (Phi) is 6.85. The molecule has 0 saturated carbocycles. The lowest BCUT2D eigenvalue weighted by molar-refractivity contribution is -0.122. The van der Waals surface area contributed by atoms with Crippen LogP contribution in [0.25, 0.3) is 0 Å². The first-order valence-corrected chi connectivity index (χ1v) is 10.3. The number of benzene rings is 2. The maximum atomic E-state index is 13.0. The third kappa shape index (κ3) is 5.13. The summed E-state index contributed by atoms with van der Waals surface area (Å²) in [7, 11) is -0.960. The fraction of sp³-hybridized carbons (Fsp3) is 0.316. The van der Waals surface area contributed by atoms with E-state index in [1.807, 2.05) is 0 Å². The molecule has 0 saturated heterocycles. The van der Waals surface area contributed by atoms with E-state index in [1.165, 1.54) is 39.3 Å². The molecule has 1 unspecified atom stereocenters. The van der Waals surface area contributed by atoms with Crippen LogP contribution in [0.2, 0.25) is 0 Å². The van der Waals surface area contributed by atoms with E-state index in [2.05, 4.69) is 5.32 Å². The first-order chi connectivity index (χ1) is 13.2. The molecule has 2 aromatic carbocycles. The topological polar surface area (TPSA) is 84.9 Å². The summed E-state index contributed by atoms with van der Waals surface area (Å²) in [5.41, 5.74) is 0.876. The van der Waals surface area contributed by atoms with Gasteiger partial charge in [-0.3, -0.25) is 9.10 Å². The van der Waals surface area contributed by atoms with Crippen molar-refractivity contribution in [2.75, 3.05) is 24.8 Å². The molecule has 0 aromatic heterocycles. The summed E-state index contributed by atoms with van der Waals surface area (Å²) in [6.07, 6.45) is 1.01. The predicted octanol–water partition coefficient (Wildman–Crippen LogP) is 2.31. The van der Waals surface area contributed by atoms with Gasteiger partial charge in [0, 0.05) is 12.6 Å². The summed E-state index contributed by atoms with van der Waals surface area (Å²) in [5.74, 6) is -0.191. The van der Waals surface area contributed by atoms with E-state index in [4.69, 9.17) is 9.47 Å². The SMILES string of the molecule is COc1ccc(OC)c(N(C(C)C(=O)NCc2ccc(F)cc2)S(C)(=O)=O)c1. The van der Waals surface area contributed by atoms with E-state index in [0.29, 0.717) is 11.3 Å². The Morgan fingerprint density at radius 3 is 2.32 bits per heavy atom. The zero-order chi connectivity index (χ0) is 20.9. The van der Waals surface area contributed by atoms with E-state index in [1.54, 1.807) is 24.3 Å². The molecule has 0 aliphatic heterocycles. The third-order valence-electron chi connectivity index (χ3n) is 4.09. The van der Waals surface area contributed by atoms with Gasteiger partial charge in [-0.2, -0.15) is 0 Å². The molecule has 9 heteroatoms. The van der Waals surface area contributed by atoms with E-state index >= 15 is 0 Å². The van der Waals surface area contributed by atoms with E-state index < -0.39 is 22.0 Å². The van der Waals surface area contributed by atoms with Crippen LogP contribution in [0, 0.1) is 5.82 Å². The maximum absolute atomic E-state index is 13.0.